The van der Waals surface area contributed by atoms with Gasteiger partial charge < -0.3 is 15.8 Å². The number of allylic oxidation sites excluding steroid dienone is 1. The maximum Gasteiger partial charge on any atom is 0.349 e. The summed E-state index contributed by atoms with van der Waals surface area (Å²) in [6.45, 7) is 1.80. The van der Waals surface area contributed by atoms with Crippen molar-refractivity contribution >= 4 is 46.7 Å². The van der Waals surface area contributed by atoms with Crippen LogP contribution in [0, 0.1) is 5.92 Å². The van der Waals surface area contributed by atoms with Crippen LogP contribution < -0.4 is 11.1 Å². The average molecular weight is 411 g/mol. The highest BCUT2D eigenvalue weighted by molar-refractivity contribution is 6.41. The fraction of sp³-hybridized carbons (Fsp3) is 0.316. The van der Waals surface area contributed by atoms with E-state index in [1.807, 2.05) is 6.07 Å². The van der Waals surface area contributed by atoms with Crippen LogP contribution in [0.15, 0.2) is 52.6 Å². The summed E-state index contributed by atoms with van der Waals surface area (Å²) in [6.07, 6.45) is 2.03. The zero-order chi connectivity index (χ0) is 20.0. The van der Waals surface area contributed by atoms with Crippen LogP contribution in [0.3, 0.4) is 0 Å². The van der Waals surface area contributed by atoms with Crippen LogP contribution >= 0.6 is 23.2 Å². The van der Waals surface area contributed by atoms with Gasteiger partial charge in [0.25, 0.3) is 5.91 Å². The number of para-hydroxylation sites is 1. The first-order valence-corrected chi connectivity index (χ1v) is 9.24. The summed E-state index contributed by atoms with van der Waals surface area (Å²) < 4.78 is 4.84. The zero-order valence-corrected chi connectivity index (χ0v) is 16.2. The third kappa shape index (κ3) is 5.34. The Morgan fingerprint density at radius 3 is 2.56 bits per heavy atom. The number of primary amides is 1. The first-order valence-electron chi connectivity index (χ1n) is 8.42. The van der Waals surface area contributed by atoms with E-state index < -0.39 is 29.1 Å². The maximum atomic E-state index is 12.7. The number of carbonyl (C=O) groups is 3. The van der Waals surface area contributed by atoms with Crippen molar-refractivity contribution in [1.29, 1.82) is 0 Å². The molecule has 8 heteroatoms. The molecule has 2 amide bonds. The number of ether oxygens (including phenoxy) is 1. The predicted molar refractivity (Wildman–Crippen MR) is 104 cm³/mol. The molecule has 2 unspecified atom stereocenters. The Bertz CT molecular complexity index is 790. The highest BCUT2D eigenvalue weighted by atomic mass is 35.5. The van der Waals surface area contributed by atoms with Gasteiger partial charge in [-0.05, 0) is 38.0 Å². The van der Waals surface area contributed by atoms with Crippen LogP contribution in [0.25, 0.3) is 0 Å². The molecule has 0 saturated heterocycles. The second-order valence-electron chi connectivity index (χ2n) is 5.89. The van der Waals surface area contributed by atoms with Crippen molar-refractivity contribution in [3.63, 3.8) is 0 Å². The number of benzene rings is 1. The van der Waals surface area contributed by atoms with E-state index >= 15 is 0 Å². The Hall–Kier alpha value is -2.31. The molecule has 2 atom stereocenters. The minimum Gasteiger partial charge on any atom is -0.462 e. The van der Waals surface area contributed by atoms with Gasteiger partial charge in [0.2, 0.25) is 5.91 Å². The van der Waals surface area contributed by atoms with E-state index in [0.29, 0.717) is 12.1 Å². The lowest BCUT2D eigenvalue weighted by atomic mass is 9.81. The van der Waals surface area contributed by atoms with E-state index in [1.165, 1.54) is 6.08 Å². The van der Waals surface area contributed by atoms with Gasteiger partial charge in [0.05, 0.1) is 6.61 Å². The molecule has 1 aliphatic rings. The number of amides is 2. The number of rotatable bonds is 6. The molecule has 0 bridgehead atoms. The lowest BCUT2D eigenvalue weighted by Gasteiger charge is -2.28. The quantitative estimate of drug-likeness (QED) is 0.427. The molecule has 0 fully saturated rings. The summed E-state index contributed by atoms with van der Waals surface area (Å²) in [5, 5.41) is 1.99. The predicted octanol–water partition coefficient (Wildman–Crippen LogP) is 3.11. The van der Waals surface area contributed by atoms with Crippen molar-refractivity contribution in [2.24, 2.45) is 11.7 Å². The molecule has 1 aliphatic carbocycles. The summed E-state index contributed by atoms with van der Waals surface area (Å²) in [7, 11) is 0. The smallest absolute Gasteiger partial charge is 0.349 e. The normalized spacial score (nSPS) is 20.2. The molecule has 144 valence electrons. The van der Waals surface area contributed by atoms with Gasteiger partial charge in [-0.2, -0.15) is 0 Å². The van der Waals surface area contributed by atoms with Gasteiger partial charge in [0, 0.05) is 28.1 Å². The standard InChI is InChI=1S/C19H20Cl2N2O4/c1-2-27-19(26)15(21)10-13-14(20)9-8-12(16(13)17(22)24)18(25)23-11-6-4-3-5-7-11/h3-7,10,13-14H,2,8-9H2,1H3,(H2,22,24)(H,23,25). The molecular weight excluding hydrogens is 391 g/mol. The number of hydrogen-bond donors (Lipinski definition) is 2. The van der Waals surface area contributed by atoms with Crippen molar-refractivity contribution < 1.29 is 19.1 Å². The van der Waals surface area contributed by atoms with Gasteiger partial charge in [0.15, 0.2) is 0 Å². The van der Waals surface area contributed by atoms with E-state index in [2.05, 4.69) is 5.32 Å². The number of nitrogens with two attached hydrogens (primary N) is 1. The Balaban J connectivity index is 2.39. The van der Waals surface area contributed by atoms with E-state index in [1.54, 1.807) is 31.2 Å². The monoisotopic (exact) mass is 410 g/mol. The van der Waals surface area contributed by atoms with Gasteiger partial charge in [-0.3, -0.25) is 9.59 Å². The molecular formula is C19H20Cl2N2O4. The van der Waals surface area contributed by atoms with Gasteiger partial charge in [-0.15, -0.1) is 11.6 Å². The first kappa shape index (κ1) is 21.0. The first-order chi connectivity index (χ1) is 12.8. The van der Waals surface area contributed by atoms with Crippen LogP contribution in [0.1, 0.15) is 19.8 Å². The number of esters is 1. The fourth-order valence-corrected chi connectivity index (χ4v) is 3.37. The van der Waals surface area contributed by atoms with Crippen molar-refractivity contribution in [1.82, 2.24) is 0 Å². The van der Waals surface area contributed by atoms with Crippen LogP contribution in [-0.2, 0) is 19.1 Å². The van der Waals surface area contributed by atoms with Crippen molar-refractivity contribution in [3.05, 3.63) is 52.6 Å². The van der Waals surface area contributed by atoms with Crippen molar-refractivity contribution in [2.45, 2.75) is 25.1 Å². The highest BCUT2D eigenvalue weighted by Crippen LogP contribution is 2.36. The number of alkyl halides is 1. The largest absolute Gasteiger partial charge is 0.462 e. The number of hydrogen-bond acceptors (Lipinski definition) is 4. The van der Waals surface area contributed by atoms with Crippen LogP contribution in [0.4, 0.5) is 5.69 Å². The zero-order valence-electron chi connectivity index (χ0n) is 14.7. The average Bonchev–Trinajstić information content (AvgIpc) is 2.63. The van der Waals surface area contributed by atoms with Gasteiger partial charge in [-0.1, -0.05) is 29.8 Å². The van der Waals surface area contributed by atoms with E-state index in [9.17, 15) is 14.4 Å². The SMILES string of the molecule is CCOC(=O)C(Cl)=CC1C(C(N)=O)=C(C(=O)Nc2ccccc2)CCC1Cl. The Kier molecular flexibility index (Phi) is 7.45. The molecule has 27 heavy (non-hydrogen) atoms. The number of anilines is 1. The summed E-state index contributed by atoms with van der Waals surface area (Å²) in [5.74, 6) is -2.73. The Labute approximate surface area is 167 Å². The van der Waals surface area contributed by atoms with E-state index in [0.717, 1.165) is 0 Å². The third-order valence-corrected chi connectivity index (χ3v) is 4.86. The Morgan fingerprint density at radius 2 is 1.96 bits per heavy atom. The van der Waals surface area contributed by atoms with Gasteiger partial charge in [0.1, 0.15) is 5.03 Å². The van der Waals surface area contributed by atoms with Crippen LogP contribution in [0.5, 0.6) is 0 Å². The fourth-order valence-electron chi connectivity index (χ4n) is 2.87. The molecule has 0 radical (unpaired) electrons. The molecule has 0 heterocycles. The second kappa shape index (κ2) is 9.58. The minimum atomic E-state index is -0.784. The lowest BCUT2D eigenvalue weighted by molar-refractivity contribution is -0.137. The van der Waals surface area contributed by atoms with Gasteiger partial charge >= 0.3 is 5.97 Å². The molecule has 6 nitrogen and oxygen atoms in total. The number of nitrogens with one attached hydrogen (secondary N) is 1. The molecule has 3 N–H and O–H groups in total. The van der Waals surface area contributed by atoms with E-state index in [-0.39, 0.29) is 29.2 Å². The number of halogens is 2. The molecule has 0 aromatic heterocycles. The maximum absolute atomic E-state index is 12.7. The topological polar surface area (TPSA) is 98.5 Å². The molecule has 2 rings (SSSR count). The molecule has 0 aliphatic heterocycles. The molecule has 0 saturated carbocycles. The summed E-state index contributed by atoms with van der Waals surface area (Å²) in [5.41, 5.74) is 6.40. The van der Waals surface area contributed by atoms with Crippen molar-refractivity contribution in [2.75, 3.05) is 11.9 Å². The summed E-state index contributed by atoms with van der Waals surface area (Å²) in [6, 6.07) is 8.83. The van der Waals surface area contributed by atoms with Crippen LogP contribution in [-0.4, -0.2) is 29.8 Å². The number of carbonyl (C=O) groups excluding carboxylic acids is 3. The minimum absolute atomic E-state index is 0.0529. The van der Waals surface area contributed by atoms with Crippen LogP contribution in [0.2, 0.25) is 0 Å². The second-order valence-corrected chi connectivity index (χ2v) is 6.86. The molecule has 1 aromatic rings. The summed E-state index contributed by atoms with van der Waals surface area (Å²) in [4.78, 5) is 36.6. The molecule has 1 aromatic carbocycles. The third-order valence-electron chi connectivity index (χ3n) is 4.09. The lowest BCUT2D eigenvalue weighted by Crippen LogP contribution is -2.34. The van der Waals surface area contributed by atoms with Gasteiger partial charge in [-0.25, -0.2) is 4.79 Å². The highest BCUT2D eigenvalue weighted by Gasteiger charge is 2.35. The Morgan fingerprint density at radius 1 is 1.30 bits per heavy atom. The van der Waals surface area contributed by atoms with Crippen molar-refractivity contribution in [3.8, 4) is 0 Å². The molecule has 0 spiro atoms. The van der Waals surface area contributed by atoms with E-state index in [4.69, 9.17) is 33.7 Å². The summed E-state index contributed by atoms with van der Waals surface area (Å²) >= 11 is 12.3.